The molecule has 5 N–H and O–H groups in total. The van der Waals surface area contributed by atoms with Gasteiger partial charge >= 0.3 is 29.8 Å². The zero-order chi connectivity index (χ0) is 35.0. The molecular formula is C30H36N2O13S. The highest BCUT2D eigenvalue weighted by Crippen LogP contribution is 2.46. The minimum atomic E-state index is -1.79. The minimum absolute atomic E-state index is 0.208. The number of aliphatic hydroxyl groups excluding tert-OH is 1. The van der Waals surface area contributed by atoms with Crippen LogP contribution in [0, 0.1) is 0 Å². The average molecular weight is 665 g/mol. The van der Waals surface area contributed by atoms with Gasteiger partial charge in [0.15, 0.2) is 12.2 Å². The molecule has 0 fully saturated rings. The van der Waals surface area contributed by atoms with Crippen LogP contribution in [-0.2, 0) is 33.5 Å². The Morgan fingerprint density at radius 1 is 0.957 bits per heavy atom. The molecule has 46 heavy (non-hydrogen) atoms. The van der Waals surface area contributed by atoms with Crippen molar-refractivity contribution in [2.45, 2.75) is 35.7 Å². The number of benzene rings is 2. The first kappa shape index (κ1) is 39.1. The number of esters is 1. The fraction of sp³-hybridized carbons (Fsp3) is 0.333. The number of likely N-dealkylation sites (N-methyl/N-ethyl adjacent to an activating group) is 1. The van der Waals surface area contributed by atoms with Gasteiger partial charge in [-0.15, -0.1) is 11.8 Å². The number of carbonyl (C=O) groups is 6. The van der Waals surface area contributed by atoms with Gasteiger partial charge in [0.05, 0.1) is 24.5 Å². The Kier molecular flexibility index (Phi) is 16.5. The molecule has 1 aliphatic rings. The maximum Gasteiger partial charge on any atom is 0.333 e. The van der Waals surface area contributed by atoms with Crippen molar-refractivity contribution in [3.8, 4) is 5.75 Å². The fourth-order valence-electron chi connectivity index (χ4n) is 3.63. The molecule has 3 atom stereocenters. The summed E-state index contributed by atoms with van der Waals surface area (Å²) in [5.74, 6) is -5.31. The number of carboxylic acids is 4. The van der Waals surface area contributed by atoms with E-state index in [0.29, 0.717) is 25.2 Å². The van der Waals surface area contributed by atoms with Gasteiger partial charge < -0.3 is 44.8 Å². The molecule has 0 aliphatic carbocycles. The molecule has 0 bridgehead atoms. The molecule has 2 aromatic rings. The third kappa shape index (κ3) is 13.8. The smallest absolute Gasteiger partial charge is 0.333 e. The highest BCUT2D eigenvalue weighted by atomic mass is 32.2. The van der Waals surface area contributed by atoms with Gasteiger partial charge in [0.2, 0.25) is 0 Å². The van der Waals surface area contributed by atoms with Crippen LogP contribution in [0.3, 0.4) is 0 Å². The van der Waals surface area contributed by atoms with E-state index < -0.39 is 48.5 Å². The first-order valence-corrected chi connectivity index (χ1v) is 14.2. The Balaban J connectivity index is 0.000000512. The Hall–Kier alpha value is -4.93. The summed E-state index contributed by atoms with van der Waals surface area (Å²) in [6.07, 6.45) is -2.34. The number of aliphatic carboxylic acids is 4. The maximum absolute atomic E-state index is 13.6. The second-order valence-corrected chi connectivity index (χ2v) is 10.7. The van der Waals surface area contributed by atoms with E-state index in [9.17, 15) is 28.8 Å². The zero-order valence-electron chi connectivity index (χ0n) is 25.4. The standard InChI is InChI=1S/C22H26N2O4S.C4H6O5.C4H4O4/c1-15(25)28-20-21(16-9-11-17(27-4)12-10-16)29-19-8-6-5-7-18(19)24(22(20)26)14-13-23(2)3;5-2(4(8)9)1-3(6)7;5-3(6)1-2-4(7)8/h5-12,20-21H,13-14H2,1-4H3;2,5H,1H2,(H,6,7)(H,8,9);1-2H,(H,5,6)(H,7,8)/b;;2-1-/t20-,21+;;/m1../s1. The lowest BCUT2D eigenvalue weighted by molar-refractivity contribution is -0.153. The average Bonchev–Trinajstić information content (AvgIpc) is 3.09. The number of ether oxygens (including phenoxy) is 2. The van der Waals surface area contributed by atoms with Gasteiger partial charge in [-0.1, -0.05) is 24.3 Å². The maximum atomic E-state index is 13.6. The lowest BCUT2D eigenvalue weighted by Crippen LogP contribution is -2.45. The summed E-state index contributed by atoms with van der Waals surface area (Å²) >= 11 is 1.54. The molecule has 15 nitrogen and oxygen atoms in total. The van der Waals surface area contributed by atoms with E-state index in [1.165, 1.54) is 6.92 Å². The minimum Gasteiger partial charge on any atom is -0.497 e. The van der Waals surface area contributed by atoms with Crippen molar-refractivity contribution in [1.29, 1.82) is 0 Å². The first-order valence-electron chi connectivity index (χ1n) is 13.4. The van der Waals surface area contributed by atoms with E-state index in [2.05, 4.69) is 0 Å². The van der Waals surface area contributed by atoms with Gasteiger partial charge in [0, 0.05) is 37.1 Å². The van der Waals surface area contributed by atoms with Crippen LogP contribution in [0.5, 0.6) is 5.75 Å². The van der Waals surface area contributed by atoms with Gasteiger partial charge in [0.1, 0.15) is 5.75 Å². The number of nitrogens with zero attached hydrogens (tertiary/aromatic N) is 2. The third-order valence-corrected chi connectivity index (χ3v) is 7.10. The number of carboxylic acid groups (broad SMARTS) is 4. The van der Waals surface area contributed by atoms with Crippen LogP contribution in [-0.4, -0.2) is 113 Å². The Morgan fingerprint density at radius 3 is 1.96 bits per heavy atom. The highest BCUT2D eigenvalue weighted by molar-refractivity contribution is 7.99. The number of carbonyl (C=O) groups excluding carboxylic acids is 2. The SMILES string of the molecule is COc1ccc([C@@H]2Sc3ccccc3N(CCN(C)C)C(=O)[C@@H]2OC(C)=O)cc1.O=C(O)/C=C\C(=O)O.O=C(O)CC(O)C(=O)O. The van der Waals surface area contributed by atoms with Gasteiger partial charge in [-0.05, 0) is 43.9 Å². The summed E-state index contributed by atoms with van der Waals surface area (Å²) in [5, 5.41) is 39.4. The predicted molar refractivity (Wildman–Crippen MR) is 165 cm³/mol. The van der Waals surface area contributed by atoms with E-state index in [1.807, 2.05) is 67.5 Å². The number of para-hydroxylation sites is 1. The number of anilines is 1. The molecule has 1 unspecified atom stereocenters. The molecule has 1 heterocycles. The van der Waals surface area contributed by atoms with Crippen molar-refractivity contribution in [1.82, 2.24) is 4.90 Å². The summed E-state index contributed by atoms with van der Waals surface area (Å²) < 4.78 is 10.8. The second-order valence-electron chi connectivity index (χ2n) is 9.56. The summed E-state index contributed by atoms with van der Waals surface area (Å²) in [6, 6.07) is 15.4. The molecule has 0 saturated heterocycles. The van der Waals surface area contributed by atoms with Crippen LogP contribution in [0.15, 0.2) is 65.6 Å². The molecule has 0 radical (unpaired) electrons. The second kappa shape index (κ2) is 19.5. The van der Waals surface area contributed by atoms with E-state index in [0.717, 1.165) is 21.9 Å². The van der Waals surface area contributed by atoms with Gasteiger partial charge in [-0.3, -0.25) is 14.4 Å². The van der Waals surface area contributed by atoms with Crippen LogP contribution < -0.4 is 9.64 Å². The fourth-order valence-corrected chi connectivity index (χ4v) is 4.95. The van der Waals surface area contributed by atoms with Crippen LogP contribution in [0.25, 0.3) is 0 Å². The van der Waals surface area contributed by atoms with E-state index in [-0.39, 0.29) is 11.2 Å². The zero-order valence-corrected chi connectivity index (χ0v) is 26.2. The third-order valence-electron chi connectivity index (χ3n) is 5.72. The summed E-state index contributed by atoms with van der Waals surface area (Å²) in [7, 11) is 5.54. The molecule has 250 valence electrons. The molecular weight excluding hydrogens is 628 g/mol. The Bertz CT molecular complexity index is 1380. The molecule has 3 rings (SSSR count). The molecule has 2 aromatic carbocycles. The summed E-state index contributed by atoms with van der Waals surface area (Å²) in [5.41, 5.74) is 1.75. The van der Waals surface area contributed by atoms with Crippen molar-refractivity contribution in [2.75, 3.05) is 39.2 Å². The molecule has 1 amide bonds. The van der Waals surface area contributed by atoms with Crippen molar-refractivity contribution >= 4 is 53.2 Å². The van der Waals surface area contributed by atoms with Crippen molar-refractivity contribution in [3.63, 3.8) is 0 Å². The van der Waals surface area contributed by atoms with E-state index >= 15 is 0 Å². The normalized spacial score (nSPS) is 16.0. The van der Waals surface area contributed by atoms with Gasteiger partial charge in [-0.25, -0.2) is 14.4 Å². The van der Waals surface area contributed by atoms with Crippen molar-refractivity contribution in [2.24, 2.45) is 0 Å². The summed E-state index contributed by atoms with van der Waals surface area (Å²) in [6.45, 7) is 2.55. The molecule has 0 saturated carbocycles. The van der Waals surface area contributed by atoms with Gasteiger partial charge in [0.25, 0.3) is 5.91 Å². The van der Waals surface area contributed by atoms with E-state index in [1.54, 1.807) is 23.8 Å². The topological polar surface area (TPSA) is 229 Å². The summed E-state index contributed by atoms with van der Waals surface area (Å²) in [4.78, 5) is 68.7. The number of rotatable bonds is 11. The largest absolute Gasteiger partial charge is 0.497 e. The van der Waals surface area contributed by atoms with Crippen LogP contribution in [0.4, 0.5) is 5.69 Å². The number of thioether (sulfide) groups is 1. The Morgan fingerprint density at radius 2 is 1.52 bits per heavy atom. The monoisotopic (exact) mass is 664 g/mol. The number of methoxy groups -OCH3 is 1. The lowest BCUT2D eigenvalue weighted by atomic mass is 10.1. The molecule has 16 heteroatoms. The van der Waals surface area contributed by atoms with Crippen molar-refractivity contribution in [3.05, 3.63) is 66.2 Å². The van der Waals surface area contributed by atoms with E-state index in [4.69, 9.17) is 35.0 Å². The predicted octanol–water partition coefficient (Wildman–Crippen LogP) is 1.99. The number of hydrogen-bond acceptors (Lipinski definition) is 11. The molecule has 0 spiro atoms. The quantitative estimate of drug-likeness (QED) is 0.171. The Labute approximate surface area is 268 Å². The number of hydrogen-bond donors (Lipinski definition) is 5. The molecule has 1 aliphatic heterocycles. The highest BCUT2D eigenvalue weighted by Gasteiger charge is 2.40. The molecule has 0 aromatic heterocycles. The number of aliphatic hydroxyl groups is 1. The lowest BCUT2D eigenvalue weighted by Gasteiger charge is -2.28. The number of fused-ring (bicyclic) bond motifs is 1. The van der Waals surface area contributed by atoms with Crippen LogP contribution in [0.1, 0.15) is 24.2 Å². The number of amides is 1. The first-order chi connectivity index (χ1) is 21.6. The van der Waals surface area contributed by atoms with Crippen molar-refractivity contribution < 1.29 is 63.8 Å². The van der Waals surface area contributed by atoms with Crippen LogP contribution in [0.2, 0.25) is 0 Å². The van der Waals surface area contributed by atoms with Gasteiger partial charge in [-0.2, -0.15) is 0 Å². The van der Waals surface area contributed by atoms with Crippen LogP contribution >= 0.6 is 11.8 Å².